The highest BCUT2D eigenvalue weighted by Crippen LogP contribution is 2.25. The quantitative estimate of drug-likeness (QED) is 0.679. The molecular formula is C19H37NO2. The summed E-state index contributed by atoms with van der Waals surface area (Å²) in [5, 5.41) is 3.64. The average molecular weight is 312 g/mol. The van der Waals surface area contributed by atoms with Crippen molar-refractivity contribution in [3.63, 3.8) is 0 Å². The first kappa shape index (κ1) is 19.5. The Morgan fingerprint density at radius 1 is 0.818 bits per heavy atom. The van der Waals surface area contributed by atoms with Crippen molar-refractivity contribution in [2.45, 2.75) is 73.3 Å². The minimum absolute atomic E-state index is 0.0183. The molecule has 6 unspecified atom stereocenters. The zero-order valence-electron chi connectivity index (χ0n) is 15.5. The van der Waals surface area contributed by atoms with Gasteiger partial charge in [0.2, 0.25) is 0 Å². The zero-order chi connectivity index (χ0) is 16.7. The van der Waals surface area contributed by atoms with Gasteiger partial charge < -0.3 is 10.1 Å². The molecule has 0 aromatic heterocycles. The molecule has 3 nitrogen and oxygen atoms in total. The highest BCUT2D eigenvalue weighted by Gasteiger charge is 2.21. The number of hydrogen-bond acceptors (Lipinski definition) is 3. The molecule has 0 radical (unpaired) electrons. The van der Waals surface area contributed by atoms with E-state index in [-0.39, 0.29) is 11.9 Å². The van der Waals surface area contributed by atoms with Crippen molar-refractivity contribution < 1.29 is 9.53 Å². The van der Waals surface area contributed by atoms with Gasteiger partial charge in [0.1, 0.15) is 0 Å². The number of ether oxygens (including phenoxy) is 1. The zero-order valence-corrected chi connectivity index (χ0v) is 15.5. The van der Waals surface area contributed by atoms with E-state index in [0.29, 0.717) is 30.4 Å². The van der Waals surface area contributed by atoms with E-state index in [2.05, 4.69) is 39.9 Å². The van der Waals surface area contributed by atoms with Gasteiger partial charge in [-0.2, -0.15) is 0 Å². The van der Waals surface area contributed by atoms with Gasteiger partial charge in [-0.05, 0) is 62.8 Å². The SMILES string of the molecule is CC1CNC(C)CC(C)COC(=O)C(C)CC(C)CC(C)C1. The van der Waals surface area contributed by atoms with E-state index in [1.165, 1.54) is 12.8 Å². The van der Waals surface area contributed by atoms with E-state index >= 15 is 0 Å². The summed E-state index contributed by atoms with van der Waals surface area (Å²) < 4.78 is 5.52. The number of nitrogens with one attached hydrogen (secondary N) is 1. The van der Waals surface area contributed by atoms with Crippen LogP contribution in [0.3, 0.4) is 0 Å². The van der Waals surface area contributed by atoms with Crippen LogP contribution in [0.25, 0.3) is 0 Å². The molecule has 1 N–H and O–H groups in total. The van der Waals surface area contributed by atoms with Crippen LogP contribution in [0.2, 0.25) is 0 Å². The summed E-state index contributed by atoms with van der Waals surface area (Å²) in [5.41, 5.74) is 0. The summed E-state index contributed by atoms with van der Waals surface area (Å²) in [6.07, 6.45) is 4.47. The Labute approximate surface area is 137 Å². The molecule has 1 aliphatic heterocycles. The van der Waals surface area contributed by atoms with Gasteiger partial charge in [-0.1, -0.05) is 34.6 Å². The van der Waals surface area contributed by atoms with Gasteiger partial charge in [0.15, 0.2) is 0 Å². The van der Waals surface area contributed by atoms with Crippen molar-refractivity contribution >= 4 is 5.97 Å². The average Bonchev–Trinajstić information content (AvgIpc) is 2.41. The Morgan fingerprint density at radius 2 is 1.41 bits per heavy atom. The van der Waals surface area contributed by atoms with Crippen LogP contribution < -0.4 is 5.32 Å². The maximum Gasteiger partial charge on any atom is 0.308 e. The number of rotatable bonds is 0. The molecule has 1 fully saturated rings. The fourth-order valence-corrected chi connectivity index (χ4v) is 3.87. The van der Waals surface area contributed by atoms with E-state index in [1.54, 1.807) is 0 Å². The Hall–Kier alpha value is -0.570. The standard InChI is InChI=1S/C19H37NO2/c1-13-7-14(2)9-17(5)19(21)22-12-16(4)10-18(6)20-11-15(3)8-13/h13-18,20H,7-12H2,1-6H3. The second kappa shape index (κ2) is 9.54. The molecule has 0 bridgehead atoms. The van der Waals surface area contributed by atoms with Gasteiger partial charge >= 0.3 is 5.97 Å². The molecule has 130 valence electrons. The Balaban J connectivity index is 2.66. The highest BCUT2D eigenvalue weighted by atomic mass is 16.5. The van der Waals surface area contributed by atoms with Crippen molar-refractivity contribution in [3.8, 4) is 0 Å². The first-order chi connectivity index (χ1) is 10.3. The van der Waals surface area contributed by atoms with Gasteiger partial charge in [0, 0.05) is 6.04 Å². The molecule has 1 saturated heterocycles. The summed E-state index contributed by atoms with van der Waals surface area (Å²) in [6, 6.07) is 0.480. The minimum Gasteiger partial charge on any atom is -0.465 e. The molecule has 1 rings (SSSR count). The van der Waals surface area contributed by atoms with E-state index in [4.69, 9.17) is 4.74 Å². The number of cyclic esters (lactones) is 1. The molecule has 22 heavy (non-hydrogen) atoms. The van der Waals surface area contributed by atoms with Crippen LogP contribution in [0, 0.1) is 29.6 Å². The number of hydrogen-bond donors (Lipinski definition) is 1. The second-order valence-corrected chi connectivity index (χ2v) is 8.20. The molecule has 0 amide bonds. The first-order valence-electron chi connectivity index (χ1n) is 9.17. The van der Waals surface area contributed by atoms with Crippen molar-refractivity contribution in [1.82, 2.24) is 5.32 Å². The largest absolute Gasteiger partial charge is 0.465 e. The van der Waals surface area contributed by atoms with Crippen LogP contribution in [-0.4, -0.2) is 25.2 Å². The van der Waals surface area contributed by atoms with E-state index in [9.17, 15) is 4.79 Å². The van der Waals surface area contributed by atoms with Gasteiger partial charge in [0.05, 0.1) is 12.5 Å². The van der Waals surface area contributed by atoms with Crippen molar-refractivity contribution in [1.29, 1.82) is 0 Å². The van der Waals surface area contributed by atoms with Crippen LogP contribution in [0.5, 0.6) is 0 Å². The summed E-state index contributed by atoms with van der Waals surface area (Å²) in [4.78, 5) is 12.1. The van der Waals surface area contributed by atoms with Crippen LogP contribution in [0.15, 0.2) is 0 Å². The highest BCUT2D eigenvalue weighted by molar-refractivity contribution is 5.71. The summed E-state index contributed by atoms with van der Waals surface area (Å²) in [7, 11) is 0. The molecule has 1 heterocycles. The molecule has 3 heteroatoms. The van der Waals surface area contributed by atoms with Gasteiger partial charge in [-0.25, -0.2) is 0 Å². The van der Waals surface area contributed by atoms with Crippen LogP contribution in [-0.2, 0) is 9.53 Å². The van der Waals surface area contributed by atoms with Gasteiger partial charge in [0.25, 0.3) is 0 Å². The maximum absolute atomic E-state index is 12.1. The Bertz CT molecular complexity index is 331. The first-order valence-corrected chi connectivity index (χ1v) is 9.17. The molecular weight excluding hydrogens is 274 g/mol. The van der Waals surface area contributed by atoms with Crippen molar-refractivity contribution in [3.05, 3.63) is 0 Å². The van der Waals surface area contributed by atoms with E-state index in [1.807, 2.05) is 6.92 Å². The lowest BCUT2D eigenvalue weighted by atomic mass is 9.85. The minimum atomic E-state index is -0.0183. The molecule has 0 aliphatic carbocycles. The van der Waals surface area contributed by atoms with Crippen LogP contribution >= 0.6 is 0 Å². The normalized spacial score (nSPS) is 40.4. The lowest BCUT2D eigenvalue weighted by molar-refractivity contribution is -0.149. The molecule has 6 atom stereocenters. The summed E-state index contributed by atoms with van der Waals surface area (Å²) in [6.45, 7) is 15.0. The fourth-order valence-electron chi connectivity index (χ4n) is 3.87. The molecule has 0 saturated carbocycles. The predicted molar refractivity (Wildman–Crippen MR) is 92.7 cm³/mol. The van der Waals surface area contributed by atoms with E-state index in [0.717, 1.165) is 25.3 Å². The third-order valence-corrected chi connectivity index (χ3v) is 4.85. The smallest absolute Gasteiger partial charge is 0.308 e. The van der Waals surface area contributed by atoms with Gasteiger partial charge in [-0.15, -0.1) is 0 Å². The van der Waals surface area contributed by atoms with Crippen LogP contribution in [0.1, 0.15) is 67.2 Å². The molecule has 0 aromatic carbocycles. The van der Waals surface area contributed by atoms with E-state index < -0.39 is 0 Å². The second-order valence-electron chi connectivity index (χ2n) is 8.20. The van der Waals surface area contributed by atoms with Gasteiger partial charge in [-0.3, -0.25) is 4.79 Å². The van der Waals surface area contributed by atoms with Crippen LogP contribution in [0.4, 0.5) is 0 Å². The van der Waals surface area contributed by atoms with Crippen molar-refractivity contribution in [2.24, 2.45) is 29.6 Å². The predicted octanol–water partition coefficient (Wildman–Crippen LogP) is 4.26. The maximum atomic E-state index is 12.1. The lowest BCUT2D eigenvalue weighted by Gasteiger charge is -2.23. The Kier molecular flexibility index (Phi) is 8.45. The molecule has 0 spiro atoms. The summed E-state index contributed by atoms with van der Waals surface area (Å²) >= 11 is 0. The number of carbonyl (C=O) groups excluding carboxylic acids is 1. The fraction of sp³-hybridized carbons (Fsp3) is 0.947. The number of esters is 1. The third-order valence-electron chi connectivity index (χ3n) is 4.85. The topological polar surface area (TPSA) is 38.3 Å². The molecule has 0 aromatic rings. The Morgan fingerprint density at radius 3 is 2.09 bits per heavy atom. The third kappa shape index (κ3) is 7.62. The summed E-state index contributed by atoms with van der Waals surface area (Å²) in [5.74, 6) is 2.42. The lowest BCUT2D eigenvalue weighted by Crippen LogP contribution is -2.33. The monoisotopic (exact) mass is 311 g/mol. The number of carbonyl (C=O) groups is 1. The molecule has 1 aliphatic rings. The van der Waals surface area contributed by atoms with Crippen molar-refractivity contribution in [2.75, 3.05) is 13.2 Å².